The van der Waals surface area contributed by atoms with Gasteiger partial charge in [-0.15, -0.1) is 11.3 Å². The first kappa shape index (κ1) is 17.6. The summed E-state index contributed by atoms with van der Waals surface area (Å²) in [6.45, 7) is 4.78. The van der Waals surface area contributed by atoms with Gasteiger partial charge in [0.25, 0.3) is 5.91 Å². The van der Waals surface area contributed by atoms with E-state index in [1.54, 1.807) is 0 Å². The lowest BCUT2D eigenvalue weighted by Crippen LogP contribution is -2.54. The Balaban J connectivity index is 1.56. The van der Waals surface area contributed by atoms with Gasteiger partial charge >= 0.3 is 0 Å². The smallest absolute Gasteiger partial charge is 0.264 e. The minimum absolute atomic E-state index is 0.0201. The van der Waals surface area contributed by atoms with Crippen molar-refractivity contribution in [3.8, 4) is 0 Å². The lowest BCUT2D eigenvalue weighted by molar-refractivity contribution is -0.122. The molecule has 2 aromatic rings. The van der Waals surface area contributed by atoms with E-state index in [1.165, 1.54) is 11.3 Å². The maximum absolute atomic E-state index is 12.6. The highest BCUT2D eigenvalue weighted by atomic mass is 32.1. The molecule has 1 atom stereocenters. The summed E-state index contributed by atoms with van der Waals surface area (Å²) in [6.07, 6.45) is 0.748. The molecule has 25 heavy (non-hydrogen) atoms. The molecule has 3 rings (SSSR count). The van der Waals surface area contributed by atoms with Gasteiger partial charge in [0, 0.05) is 31.9 Å². The highest BCUT2D eigenvalue weighted by molar-refractivity contribution is 7.12. The van der Waals surface area contributed by atoms with Crippen LogP contribution in [-0.4, -0.2) is 53.8 Å². The number of thiophene rings is 1. The van der Waals surface area contributed by atoms with E-state index >= 15 is 0 Å². The first-order chi connectivity index (χ1) is 12.2. The van der Waals surface area contributed by atoms with Crippen molar-refractivity contribution in [2.45, 2.75) is 19.4 Å². The lowest BCUT2D eigenvalue weighted by atomic mass is 10.1. The number of carbonyl (C=O) groups is 2. The molecule has 1 unspecified atom stereocenters. The number of nitrogens with one attached hydrogen (secondary N) is 1. The van der Waals surface area contributed by atoms with Crippen LogP contribution in [0.3, 0.4) is 0 Å². The summed E-state index contributed by atoms with van der Waals surface area (Å²) in [4.78, 5) is 29.9. The second-order valence-electron chi connectivity index (χ2n) is 6.08. The molecular formula is C19H23N3O2S. The molecule has 132 valence electrons. The molecular weight excluding hydrogens is 334 g/mol. The summed E-state index contributed by atoms with van der Waals surface area (Å²) in [7, 11) is 0. The monoisotopic (exact) mass is 357 g/mol. The number of hydrogen-bond acceptors (Lipinski definition) is 4. The van der Waals surface area contributed by atoms with Crippen LogP contribution in [0, 0.1) is 0 Å². The first-order valence-corrected chi connectivity index (χ1v) is 9.49. The van der Waals surface area contributed by atoms with Gasteiger partial charge < -0.3 is 10.2 Å². The van der Waals surface area contributed by atoms with Gasteiger partial charge in [-0.2, -0.15) is 0 Å². The van der Waals surface area contributed by atoms with Crippen LogP contribution >= 0.6 is 11.3 Å². The Bertz CT molecular complexity index is 695. The van der Waals surface area contributed by atoms with Crippen LogP contribution in [-0.2, 0) is 4.79 Å². The number of piperazine rings is 1. The maximum atomic E-state index is 12.6. The fourth-order valence-electron chi connectivity index (χ4n) is 3.15. The van der Waals surface area contributed by atoms with Crippen molar-refractivity contribution in [2.24, 2.45) is 0 Å². The SMILES string of the molecule is CCC(C(=O)Nc1ccccc1)N1CCN(C(=O)c2cccs2)CC1. The van der Waals surface area contributed by atoms with Gasteiger partial charge in [-0.25, -0.2) is 0 Å². The zero-order valence-electron chi connectivity index (χ0n) is 14.4. The Labute approximate surface area is 152 Å². The summed E-state index contributed by atoms with van der Waals surface area (Å²) in [5.74, 6) is 0.114. The molecule has 2 heterocycles. The lowest BCUT2D eigenvalue weighted by Gasteiger charge is -2.38. The summed E-state index contributed by atoms with van der Waals surface area (Å²) in [5, 5.41) is 4.91. The summed E-state index contributed by atoms with van der Waals surface area (Å²) in [5.41, 5.74) is 0.817. The second-order valence-corrected chi connectivity index (χ2v) is 7.03. The molecule has 6 heteroatoms. The Hall–Kier alpha value is -2.18. The zero-order chi connectivity index (χ0) is 17.6. The van der Waals surface area contributed by atoms with E-state index in [0.717, 1.165) is 30.1 Å². The molecule has 1 fully saturated rings. The first-order valence-electron chi connectivity index (χ1n) is 8.61. The third-order valence-electron chi connectivity index (χ3n) is 4.50. The van der Waals surface area contributed by atoms with Gasteiger partial charge in [-0.05, 0) is 30.0 Å². The van der Waals surface area contributed by atoms with Gasteiger partial charge in [-0.3, -0.25) is 14.5 Å². The third-order valence-corrected chi connectivity index (χ3v) is 5.36. The summed E-state index contributed by atoms with van der Waals surface area (Å²) >= 11 is 1.47. The summed E-state index contributed by atoms with van der Waals surface area (Å²) in [6, 6.07) is 13.1. The molecule has 1 N–H and O–H groups in total. The molecule has 0 aliphatic carbocycles. The number of benzene rings is 1. The largest absolute Gasteiger partial charge is 0.335 e. The number of nitrogens with zero attached hydrogens (tertiary/aromatic N) is 2. The number of rotatable bonds is 5. The van der Waals surface area contributed by atoms with Crippen LogP contribution in [0.15, 0.2) is 47.8 Å². The van der Waals surface area contributed by atoms with Crippen LogP contribution in [0.25, 0.3) is 0 Å². The normalized spacial score (nSPS) is 16.4. The molecule has 1 aromatic carbocycles. The maximum Gasteiger partial charge on any atom is 0.264 e. The predicted molar refractivity (Wildman–Crippen MR) is 101 cm³/mol. The topological polar surface area (TPSA) is 52.7 Å². The van der Waals surface area contributed by atoms with Crippen molar-refractivity contribution < 1.29 is 9.59 Å². The highest BCUT2D eigenvalue weighted by Crippen LogP contribution is 2.17. The molecule has 5 nitrogen and oxygen atoms in total. The molecule has 0 spiro atoms. The number of amides is 2. The van der Waals surface area contributed by atoms with Crippen molar-refractivity contribution in [1.82, 2.24) is 9.80 Å². The van der Waals surface area contributed by atoms with Crippen LogP contribution < -0.4 is 5.32 Å². The number of anilines is 1. The van der Waals surface area contributed by atoms with Crippen LogP contribution in [0.1, 0.15) is 23.0 Å². The molecule has 1 aromatic heterocycles. The standard InChI is InChI=1S/C19H23N3O2S/c1-2-16(18(23)20-15-7-4-3-5-8-15)21-10-12-22(13-11-21)19(24)17-9-6-14-25-17/h3-9,14,16H,2,10-13H2,1H3,(H,20,23). The fraction of sp³-hybridized carbons (Fsp3) is 0.368. The highest BCUT2D eigenvalue weighted by Gasteiger charge is 2.29. The van der Waals surface area contributed by atoms with Gasteiger partial charge in [0.05, 0.1) is 10.9 Å². The van der Waals surface area contributed by atoms with Crippen LogP contribution in [0.2, 0.25) is 0 Å². The van der Waals surface area contributed by atoms with Crippen molar-refractivity contribution >= 4 is 28.8 Å². The van der Waals surface area contributed by atoms with Gasteiger partial charge in [0.2, 0.25) is 5.91 Å². The van der Waals surface area contributed by atoms with E-state index in [9.17, 15) is 9.59 Å². The molecule has 2 amide bonds. The van der Waals surface area contributed by atoms with Crippen LogP contribution in [0.4, 0.5) is 5.69 Å². The minimum atomic E-state index is -0.167. The van der Waals surface area contributed by atoms with E-state index in [1.807, 2.05) is 59.7 Å². The third kappa shape index (κ3) is 4.27. The zero-order valence-corrected chi connectivity index (χ0v) is 15.2. The fourth-order valence-corrected chi connectivity index (χ4v) is 3.84. The van der Waals surface area contributed by atoms with Gasteiger partial charge in [0.15, 0.2) is 0 Å². The molecule has 0 saturated carbocycles. The average molecular weight is 357 g/mol. The van der Waals surface area contributed by atoms with E-state index in [-0.39, 0.29) is 17.9 Å². The Kier molecular flexibility index (Phi) is 5.83. The van der Waals surface area contributed by atoms with Crippen molar-refractivity contribution in [1.29, 1.82) is 0 Å². The molecule has 1 aliphatic rings. The van der Waals surface area contributed by atoms with Crippen molar-refractivity contribution in [3.63, 3.8) is 0 Å². The van der Waals surface area contributed by atoms with Crippen molar-refractivity contribution in [3.05, 3.63) is 52.7 Å². The average Bonchev–Trinajstić information content (AvgIpc) is 3.18. The van der Waals surface area contributed by atoms with E-state index in [4.69, 9.17) is 0 Å². The second kappa shape index (κ2) is 8.27. The minimum Gasteiger partial charge on any atom is -0.335 e. The quantitative estimate of drug-likeness (QED) is 0.895. The Morgan fingerprint density at radius 2 is 1.80 bits per heavy atom. The Morgan fingerprint density at radius 3 is 2.40 bits per heavy atom. The number of carbonyl (C=O) groups excluding carboxylic acids is 2. The summed E-state index contributed by atoms with van der Waals surface area (Å²) < 4.78 is 0. The molecule has 1 saturated heterocycles. The van der Waals surface area contributed by atoms with Gasteiger partial charge in [0.1, 0.15) is 0 Å². The molecule has 1 aliphatic heterocycles. The van der Waals surface area contributed by atoms with Crippen molar-refractivity contribution in [2.75, 3.05) is 31.5 Å². The molecule has 0 bridgehead atoms. The van der Waals surface area contributed by atoms with E-state index in [0.29, 0.717) is 13.1 Å². The predicted octanol–water partition coefficient (Wildman–Crippen LogP) is 2.92. The molecule has 0 radical (unpaired) electrons. The van der Waals surface area contributed by atoms with E-state index < -0.39 is 0 Å². The number of hydrogen-bond donors (Lipinski definition) is 1. The Morgan fingerprint density at radius 1 is 1.08 bits per heavy atom. The number of para-hydroxylation sites is 1. The van der Waals surface area contributed by atoms with Crippen LogP contribution in [0.5, 0.6) is 0 Å². The van der Waals surface area contributed by atoms with Gasteiger partial charge in [-0.1, -0.05) is 31.2 Å². The van der Waals surface area contributed by atoms with E-state index in [2.05, 4.69) is 10.2 Å².